The summed E-state index contributed by atoms with van der Waals surface area (Å²) >= 11 is 1.69. The highest BCUT2D eigenvalue weighted by Gasteiger charge is 2.22. The van der Waals surface area contributed by atoms with Gasteiger partial charge >= 0.3 is 0 Å². The molecular formula is C17H16N4S. The average molecular weight is 308 g/mol. The van der Waals surface area contributed by atoms with E-state index in [9.17, 15) is 0 Å². The van der Waals surface area contributed by atoms with Gasteiger partial charge in [0.1, 0.15) is 12.1 Å². The molecule has 0 unspecified atom stereocenters. The number of benzene rings is 1. The van der Waals surface area contributed by atoms with Crippen LogP contribution in [0.1, 0.15) is 24.0 Å². The third-order valence-corrected chi connectivity index (χ3v) is 4.69. The molecule has 0 amide bonds. The molecule has 22 heavy (non-hydrogen) atoms. The van der Waals surface area contributed by atoms with Gasteiger partial charge in [-0.2, -0.15) is 0 Å². The van der Waals surface area contributed by atoms with E-state index in [0.717, 1.165) is 32.8 Å². The maximum absolute atomic E-state index is 5.71. The number of nitrogen functional groups attached to an aromatic ring is 1. The van der Waals surface area contributed by atoms with Gasteiger partial charge in [-0.3, -0.25) is 0 Å². The number of nitrogens with two attached hydrogens (primary N) is 1. The van der Waals surface area contributed by atoms with Crippen LogP contribution in [0.25, 0.3) is 22.4 Å². The molecule has 1 aromatic carbocycles. The second-order valence-electron chi connectivity index (χ2n) is 5.51. The SMILES string of the molecule is Nc1ccc(/C=C/c2csc3c(NC4CC4)ncnc23)cc1. The molecule has 0 aliphatic heterocycles. The molecule has 1 aliphatic rings. The van der Waals surface area contributed by atoms with Crippen LogP contribution < -0.4 is 11.1 Å². The Labute approximate surface area is 132 Å². The smallest absolute Gasteiger partial charge is 0.147 e. The molecule has 3 N–H and O–H groups in total. The fourth-order valence-corrected chi connectivity index (χ4v) is 3.24. The third-order valence-electron chi connectivity index (χ3n) is 3.69. The van der Waals surface area contributed by atoms with Crippen LogP contribution in [-0.2, 0) is 0 Å². The molecule has 4 rings (SSSR count). The summed E-state index contributed by atoms with van der Waals surface area (Å²) in [5.74, 6) is 0.963. The first-order valence-electron chi connectivity index (χ1n) is 7.32. The van der Waals surface area contributed by atoms with E-state index in [0.29, 0.717) is 6.04 Å². The van der Waals surface area contributed by atoms with Gasteiger partial charge in [0.25, 0.3) is 0 Å². The van der Waals surface area contributed by atoms with E-state index in [-0.39, 0.29) is 0 Å². The summed E-state index contributed by atoms with van der Waals surface area (Å²) in [5, 5.41) is 5.60. The number of fused-ring (bicyclic) bond motifs is 1. The molecule has 1 aliphatic carbocycles. The summed E-state index contributed by atoms with van der Waals surface area (Å²) in [6.45, 7) is 0. The monoisotopic (exact) mass is 308 g/mol. The quantitative estimate of drug-likeness (QED) is 0.715. The van der Waals surface area contributed by atoms with E-state index < -0.39 is 0 Å². The molecule has 4 nitrogen and oxygen atoms in total. The van der Waals surface area contributed by atoms with Crippen molar-refractivity contribution in [2.24, 2.45) is 0 Å². The van der Waals surface area contributed by atoms with Crippen LogP contribution in [0.2, 0.25) is 0 Å². The van der Waals surface area contributed by atoms with Gasteiger partial charge in [-0.1, -0.05) is 24.3 Å². The van der Waals surface area contributed by atoms with Crippen LogP contribution in [0.5, 0.6) is 0 Å². The van der Waals surface area contributed by atoms with E-state index in [4.69, 9.17) is 5.73 Å². The molecule has 5 heteroatoms. The Balaban J connectivity index is 1.65. The van der Waals surface area contributed by atoms with Gasteiger partial charge in [-0.25, -0.2) is 9.97 Å². The lowest BCUT2D eigenvalue weighted by molar-refractivity contribution is 1.11. The van der Waals surface area contributed by atoms with E-state index in [2.05, 4.69) is 32.8 Å². The number of anilines is 2. The summed E-state index contributed by atoms with van der Waals surface area (Å²) < 4.78 is 1.13. The minimum absolute atomic E-state index is 0.592. The second kappa shape index (κ2) is 5.42. The lowest BCUT2D eigenvalue weighted by Crippen LogP contribution is -2.03. The highest BCUT2D eigenvalue weighted by molar-refractivity contribution is 7.18. The topological polar surface area (TPSA) is 63.8 Å². The average Bonchev–Trinajstić information content (AvgIpc) is 3.25. The Kier molecular flexibility index (Phi) is 3.27. The predicted molar refractivity (Wildman–Crippen MR) is 93.8 cm³/mol. The van der Waals surface area contributed by atoms with Crippen LogP contribution in [0.15, 0.2) is 36.0 Å². The minimum Gasteiger partial charge on any atom is -0.399 e. The second-order valence-corrected chi connectivity index (χ2v) is 6.39. The molecule has 0 bridgehead atoms. The number of rotatable bonds is 4. The lowest BCUT2D eigenvalue weighted by Gasteiger charge is -2.03. The molecule has 2 heterocycles. The Hall–Kier alpha value is -2.40. The molecule has 0 spiro atoms. The van der Waals surface area contributed by atoms with Crippen LogP contribution in [0.3, 0.4) is 0 Å². The van der Waals surface area contributed by atoms with Crippen LogP contribution in [-0.4, -0.2) is 16.0 Å². The molecular weight excluding hydrogens is 292 g/mol. The highest BCUT2D eigenvalue weighted by atomic mass is 32.1. The van der Waals surface area contributed by atoms with E-state index in [1.165, 1.54) is 12.8 Å². The Morgan fingerprint density at radius 3 is 2.73 bits per heavy atom. The van der Waals surface area contributed by atoms with Crippen molar-refractivity contribution in [1.29, 1.82) is 0 Å². The van der Waals surface area contributed by atoms with Crippen LogP contribution >= 0.6 is 11.3 Å². The maximum Gasteiger partial charge on any atom is 0.147 e. The Morgan fingerprint density at radius 2 is 1.95 bits per heavy atom. The molecule has 110 valence electrons. The number of nitrogens with one attached hydrogen (secondary N) is 1. The van der Waals surface area contributed by atoms with Gasteiger partial charge in [0.15, 0.2) is 0 Å². The molecule has 2 aromatic heterocycles. The zero-order chi connectivity index (χ0) is 14.9. The molecule has 0 saturated heterocycles. The number of hydrogen-bond donors (Lipinski definition) is 2. The molecule has 0 atom stereocenters. The van der Waals surface area contributed by atoms with Crippen molar-refractivity contribution in [2.75, 3.05) is 11.1 Å². The summed E-state index contributed by atoms with van der Waals surface area (Å²) in [6.07, 6.45) is 8.29. The summed E-state index contributed by atoms with van der Waals surface area (Å²) in [5.41, 5.74) is 9.74. The van der Waals surface area contributed by atoms with Gasteiger partial charge in [-0.15, -0.1) is 11.3 Å². The number of aromatic nitrogens is 2. The van der Waals surface area contributed by atoms with E-state index in [1.807, 2.05) is 24.3 Å². The first-order chi connectivity index (χ1) is 10.8. The van der Waals surface area contributed by atoms with E-state index >= 15 is 0 Å². The number of nitrogens with zero attached hydrogens (tertiary/aromatic N) is 2. The lowest BCUT2D eigenvalue weighted by atomic mass is 10.1. The zero-order valence-electron chi connectivity index (χ0n) is 12.0. The van der Waals surface area contributed by atoms with Crippen molar-refractivity contribution in [3.63, 3.8) is 0 Å². The van der Waals surface area contributed by atoms with Gasteiger partial charge < -0.3 is 11.1 Å². The molecule has 0 radical (unpaired) electrons. The van der Waals surface area contributed by atoms with Crippen molar-refractivity contribution in [3.05, 3.63) is 47.1 Å². The number of thiophene rings is 1. The Bertz CT molecular complexity index is 831. The van der Waals surface area contributed by atoms with Crippen molar-refractivity contribution in [2.45, 2.75) is 18.9 Å². The van der Waals surface area contributed by atoms with Gasteiger partial charge in [0.05, 0.1) is 10.2 Å². The molecule has 1 saturated carbocycles. The zero-order valence-corrected chi connectivity index (χ0v) is 12.8. The van der Waals surface area contributed by atoms with Crippen molar-refractivity contribution < 1.29 is 0 Å². The first-order valence-corrected chi connectivity index (χ1v) is 8.20. The minimum atomic E-state index is 0.592. The molecule has 3 aromatic rings. The summed E-state index contributed by atoms with van der Waals surface area (Å²) in [4.78, 5) is 8.82. The summed E-state index contributed by atoms with van der Waals surface area (Å²) in [7, 11) is 0. The fourth-order valence-electron chi connectivity index (χ4n) is 2.30. The standard InChI is InChI=1S/C17H16N4S/c18-13-5-2-11(3-6-13)1-4-12-9-22-16-15(12)19-10-20-17(16)21-14-7-8-14/h1-6,9-10,14H,7-8,18H2,(H,19,20,21)/b4-1+. The largest absolute Gasteiger partial charge is 0.399 e. The Morgan fingerprint density at radius 1 is 1.14 bits per heavy atom. The predicted octanol–water partition coefficient (Wildman–Crippen LogP) is 4.02. The first kappa shape index (κ1) is 13.3. The fraction of sp³-hybridized carbons (Fsp3) is 0.176. The highest BCUT2D eigenvalue weighted by Crippen LogP contribution is 2.33. The van der Waals surface area contributed by atoms with Crippen LogP contribution in [0.4, 0.5) is 11.5 Å². The van der Waals surface area contributed by atoms with Crippen molar-refractivity contribution in [3.8, 4) is 0 Å². The number of hydrogen-bond acceptors (Lipinski definition) is 5. The third kappa shape index (κ3) is 2.67. The van der Waals surface area contributed by atoms with Gasteiger partial charge in [0.2, 0.25) is 0 Å². The maximum atomic E-state index is 5.71. The van der Waals surface area contributed by atoms with Gasteiger partial charge in [-0.05, 0) is 30.5 Å². The van der Waals surface area contributed by atoms with Crippen molar-refractivity contribution in [1.82, 2.24) is 9.97 Å². The van der Waals surface area contributed by atoms with Crippen molar-refractivity contribution >= 4 is 45.2 Å². The molecule has 1 fully saturated rings. The van der Waals surface area contributed by atoms with E-state index in [1.54, 1.807) is 17.7 Å². The van der Waals surface area contributed by atoms with Crippen LogP contribution in [0, 0.1) is 0 Å². The summed E-state index contributed by atoms with van der Waals surface area (Å²) in [6, 6.07) is 8.43. The van der Waals surface area contributed by atoms with Gasteiger partial charge in [0, 0.05) is 22.7 Å². The normalized spacial score (nSPS) is 14.7.